The number of hydrogen-bond donors (Lipinski definition) is 0. The first kappa shape index (κ1) is 15.5. The van der Waals surface area contributed by atoms with Crippen molar-refractivity contribution in [1.29, 1.82) is 0 Å². The van der Waals surface area contributed by atoms with E-state index in [2.05, 4.69) is 38.7 Å². The normalized spacial score (nSPS) is 29.0. The summed E-state index contributed by atoms with van der Waals surface area (Å²) in [6.07, 6.45) is 5.06. The molecule has 0 N–H and O–H groups in total. The first-order chi connectivity index (χ1) is 11.2. The predicted octanol–water partition coefficient (Wildman–Crippen LogP) is 1.24. The molecule has 0 bridgehead atoms. The van der Waals surface area contributed by atoms with Gasteiger partial charge in [0.25, 0.3) is 0 Å². The van der Waals surface area contributed by atoms with Crippen molar-refractivity contribution < 1.29 is 4.74 Å². The largest absolute Gasteiger partial charge is 0.381 e. The molecular weight excluding hydrogens is 290 g/mol. The Labute approximate surface area is 138 Å². The second-order valence-electron chi connectivity index (χ2n) is 7.65. The summed E-state index contributed by atoms with van der Waals surface area (Å²) in [6, 6.07) is 0.637. The molecule has 0 unspecified atom stereocenters. The van der Waals surface area contributed by atoms with Gasteiger partial charge < -0.3 is 14.2 Å². The Bertz CT molecular complexity index is 535. The minimum absolute atomic E-state index is 0.637. The van der Waals surface area contributed by atoms with E-state index in [1.807, 2.05) is 0 Å². The van der Waals surface area contributed by atoms with Crippen molar-refractivity contribution in [3.05, 3.63) is 11.6 Å². The van der Waals surface area contributed by atoms with Gasteiger partial charge in [0.1, 0.15) is 11.6 Å². The molecule has 1 aliphatic carbocycles. The van der Waals surface area contributed by atoms with Gasteiger partial charge in [0.05, 0.1) is 13.2 Å². The van der Waals surface area contributed by atoms with E-state index in [4.69, 9.17) is 4.74 Å². The highest BCUT2D eigenvalue weighted by atomic mass is 16.5. The Kier molecular flexibility index (Phi) is 4.39. The second-order valence-corrected chi connectivity index (χ2v) is 7.65. The van der Waals surface area contributed by atoms with Gasteiger partial charge in [-0.05, 0) is 45.2 Å². The SMILES string of the molecule is CN(Cc1nnc(C2CC2)n1C)[C@H]1CCN(C[C@H]2CCOC2)C1. The Hall–Kier alpha value is -0.980. The standard InChI is InChI=1S/C17H29N5O/c1-20(11-16-18-19-17(21(16)2)14-3-4-14)15-5-7-22(10-15)9-13-6-8-23-12-13/h13-15H,3-12H2,1-2H3/t13-,15+/m1/s1. The maximum absolute atomic E-state index is 5.51. The maximum atomic E-state index is 5.51. The molecule has 0 radical (unpaired) electrons. The van der Waals surface area contributed by atoms with E-state index < -0.39 is 0 Å². The predicted molar refractivity (Wildman–Crippen MR) is 88.2 cm³/mol. The van der Waals surface area contributed by atoms with Crippen molar-refractivity contribution in [2.24, 2.45) is 13.0 Å². The van der Waals surface area contributed by atoms with Crippen LogP contribution in [0.1, 0.15) is 43.3 Å². The molecule has 0 amide bonds. The molecule has 0 aromatic carbocycles. The lowest BCUT2D eigenvalue weighted by Crippen LogP contribution is -2.36. The van der Waals surface area contributed by atoms with E-state index in [0.29, 0.717) is 12.0 Å². The van der Waals surface area contributed by atoms with Crippen LogP contribution in [0.4, 0.5) is 0 Å². The molecule has 6 heteroatoms. The van der Waals surface area contributed by atoms with Gasteiger partial charge in [-0.2, -0.15) is 0 Å². The molecule has 128 valence electrons. The molecule has 3 aliphatic rings. The van der Waals surface area contributed by atoms with Gasteiger partial charge in [0.15, 0.2) is 0 Å². The van der Waals surface area contributed by atoms with Crippen LogP contribution in [0.2, 0.25) is 0 Å². The summed E-state index contributed by atoms with van der Waals surface area (Å²) in [5.41, 5.74) is 0. The molecule has 2 atom stereocenters. The molecule has 2 aliphatic heterocycles. The maximum Gasteiger partial charge on any atom is 0.146 e. The highest BCUT2D eigenvalue weighted by molar-refractivity contribution is 5.07. The number of aromatic nitrogens is 3. The van der Waals surface area contributed by atoms with Crippen LogP contribution in [0.3, 0.4) is 0 Å². The van der Waals surface area contributed by atoms with Gasteiger partial charge in [0, 0.05) is 38.7 Å². The summed E-state index contributed by atoms with van der Waals surface area (Å²) in [6.45, 7) is 6.43. The van der Waals surface area contributed by atoms with Crippen LogP contribution < -0.4 is 0 Å². The number of likely N-dealkylation sites (N-methyl/N-ethyl adjacent to an activating group) is 1. The van der Waals surface area contributed by atoms with E-state index in [1.165, 1.54) is 51.1 Å². The van der Waals surface area contributed by atoms with Crippen molar-refractivity contribution >= 4 is 0 Å². The minimum Gasteiger partial charge on any atom is -0.381 e. The van der Waals surface area contributed by atoms with E-state index >= 15 is 0 Å². The molecule has 3 fully saturated rings. The molecule has 2 saturated heterocycles. The van der Waals surface area contributed by atoms with Crippen molar-refractivity contribution in [3.63, 3.8) is 0 Å². The fraction of sp³-hybridized carbons (Fsp3) is 0.882. The first-order valence-corrected chi connectivity index (χ1v) is 9.09. The van der Waals surface area contributed by atoms with Crippen LogP contribution in [-0.2, 0) is 18.3 Å². The second kappa shape index (κ2) is 6.49. The van der Waals surface area contributed by atoms with E-state index in [9.17, 15) is 0 Å². The highest BCUT2D eigenvalue weighted by Crippen LogP contribution is 2.38. The van der Waals surface area contributed by atoms with Crippen molar-refractivity contribution in [2.45, 2.75) is 44.2 Å². The molecule has 3 heterocycles. The van der Waals surface area contributed by atoms with Crippen molar-refractivity contribution in [3.8, 4) is 0 Å². The van der Waals surface area contributed by atoms with Gasteiger partial charge in [-0.25, -0.2) is 0 Å². The Balaban J connectivity index is 1.30. The molecule has 6 nitrogen and oxygen atoms in total. The summed E-state index contributed by atoms with van der Waals surface area (Å²) in [5, 5.41) is 8.83. The zero-order chi connectivity index (χ0) is 15.8. The van der Waals surface area contributed by atoms with Crippen LogP contribution in [0.5, 0.6) is 0 Å². The average molecular weight is 319 g/mol. The lowest BCUT2D eigenvalue weighted by molar-refractivity contribution is 0.168. The summed E-state index contributed by atoms with van der Waals surface area (Å²) >= 11 is 0. The number of ether oxygens (including phenoxy) is 1. The van der Waals surface area contributed by atoms with Crippen molar-refractivity contribution in [2.75, 3.05) is 39.9 Å². The highest BCUT2D eigenvalue weighted by Gasteiger charge is 2.31. The molecule has 1 aromatic rings. The van der Waals surface area contributed by atoms with Gasteiger partial charge >= 0.3 is 0 Å². The molecule has 1 saturated carbocycles. The number of hydrogen-bond acceptors (Lipinski definition) is 5. The summed E-state index contributed by atoms with van der Waals surface area (Å²) in [4.78, 5) is 5.08. The topological polar surface area (TPSA) is 46.4 Å². The number of nitrogens with zero attached hydrogens (tertiary/aromatic N) is 5. The fourth-order valence-electron chi connectivity index (χ4n) is 3.99. The molecule has 4 rings (SSSR count). The number of likely N-dealkylation sites (tertiary alicyclic amines) is 1. The Morgan fingerprint density at radius 2 is 2.09 bits per heavy atom. The third-order valence-corrected chi connectivity index (χ3v) is 5.74. The number of rotatable bonds is 6. The van der Waals surface area contributed by atoms with Crippen LogP contribution in [0.15, 0.2) is 0 Å². The van der Waals surface area contributed by atoms with Gasteiger partial charge in [0.2, 0.25) is 0 Å². The monoisotopic (exact) mass is 319 g/mol. The Morgan fingerprint density at radius 1 is 1.22 bits per heavy atom. The van der Waals surface area contributed by atoms with Crippen LogP contribution in [-0.4, -0.2) is 70.5 Å². The van der Waals surface area contributed by atoms with Gasteiger partial charge in [-0.1, -0.05) is 0 Å². The third-order valence-electron chi connectivity index (χ3n) is 5.74. The average Bonchev–Trinajstić information content (AvgIpc) is 2.94. The summed E-state index contributed by atoms with van der Waals surface area (Å²) in [7, 11) is 4.36. The molecular formula is C17H29N5O. The smallest absolute Gasteiger partial charge is 0.146 e. The molecule has 1 aromatic heterocycles. The van der Waals surface area contributed by atoms with Crippen LogP contribution in [0, 0.1) is 5.92 Å². The van der Waals surface area contributed by atoms with Gasteiger partial charge in [-0.15, -0.1) is 10.2 Å². The van der Waals surface area contributed by atoms with E-state index in [1.54, 1.807) is 0 Å². The summed E-state index contributed by atoms with van der Waals surface area (Å²) < 4.78 is 7.72. The van der Waals surface area contributed by atoms with E-state index in [-0.39, 0.29) is 0 Å². The fourth-order valence-corrected chi connectivity index (χ4v) is 3.99. The minimum atomic E-state index is 0.637. The molecule has 0 spiro atoms. The first-order valence-electron chi connectivity index (χ1n) is 9.09. The molecule has 23 heavy (non-hydrogen) atoms. The third kappa shape index (κ3) is 3.44. The summed E-state index contributed by atoms with van der Waals surface area (Å²) in [5.74, 6) is 3.71. The van der Waals surface area contributed by atoms with Crippen LogP contribution in [0.25, 0.3) is 0 Å². The van der Waals surface area contributed by atoms with Gasteiger partial charge in [-0.3, -0.25) is 4.90 Å². The zero-order valence-corrected chi connectivity index (χ0v) is 14.4. The quantitative estimate of drug-likeness (QED) is 0.789. The van der Waals surface area contributed by atoms with Crippen molar-refractivity contribution in [1.82, 2.24) is 24.6 Å². The Morgan fingerprint density at radius 3 is 2.83 bits per heavy atom. The van der Waals surface area contributed by atoms with Crippen LogP contribution >= 0.6 is 0 Å². The zero-order valence-electron chi connectivity index (χ0n) is 14.4. The van der Waals surface area contributed by atoms with E-state index in [0.717, 1.165) is 31.5 Å². The lowest BCUT2D eigenvalue weighted by atomic mass is 10.1. The lowest BCUT2D eigenvalue weighted by Gasteiger charge is -2.25.